The van der Waals surface area contributed by atoms with Crippen molar-refractivity contribution < 1.29 is 14.3 Å². The number of benzene rings is 1. The molecule has 1 aromatic heterocycles. The molecule has 3 rings (SSSR count). The number of methoxy groups -OCH3 is 1. The van der Waals surface area contributed by atoms with Crippen molar-refractivity contribution >= 4 is 23.2 Å². The molecule has 0 atom stereocenters. The summed E-state index contributed by atoms with van der Waals surface area (Å²) >= 11 is 0. The number of aromatic nitrogens is 2. The van der Waals surface area contributed by atoms with Crippen molar-refractivity contribution in [2.75, 3.05) is 13.7 Å². The van der Waals surface area contributed by atoms with Crippen molar-refractivity contribution in [3.63, 3.8) is 0 Å². The van der Waals surface area contributed by atoms with Gasteiger partial charge in [-0.2, -0.15) is 0 Å². The predicted octanol–water partition coefficient (Wildman–Crippen LogP) is 1.76. The van der Waals surface area contributed by atoms with Crippen LogP contribution in [0, 0.1) is 5.92 Å². The summed E-state index contributed by atoms with van der Waals surface area (Å²) in [6.45, 7) is 4.11. The number of amides is 2. The Hall–Kier alpha value is -3.56. The van der Waals surface area contributed by atoms with Crippen LogP contribution < -0.4 is 16.0 Å². The van der Waals surface area contributed by atoms with Gasteiger partial charge in [0.15, 0.2) is 0 Å². The van der Waals surface area contributed by atoms with Crippen LogP contribution in [-0.4, -0.2) is 39.5 Å². The normalized spacial score (nSPS) is 13.7. The molecule has 2 heterocycles. The molecule has 29 heavy (non-hydrogen) atoms. The predicted molar refractivity (Wildman–Crippen MR) is 104 cm³/mol. The second-order valence-electron chi connectivity index (χ2n) is 7.08. The first-order valence-electron chi connectivity index (χ1n) is 8.94. The average Bonchev–Trinajstić information content (AvgIpc) is 2.93. The minimum absolute atomic E-state index is 0.0572. The van der Waals surface area contributed by atoms with Crippen LogP contribution in [0.3, 0.4) is 0 Å². The molecule has 10 heteroatoms. The number of carbonyl (C=O) groups is 2. The van der Waals surface area contributed by atoms with Gasteiger partial charge in [-0.3, -0.25) is 28.4 Å². The Bertz CT molecular complexity index is 1160. The first-order valence-corrected chi connectivity index (χ1v) is 8.94. The summed E-state index contributed by atoms with van der Waals surface area (Å²) in [7, 11) is 4.06. The minimum Gasteiger partial charge on any atom is -0.480 e. The van der Waals surface area contributed by atoms with Gasteiger partial charge in [-0.05, 0) is 18.1 Å². The molecule has 0 N–H and O–H groups in total. The van der Waals surface area contributed by atoms with Crippen LogP contribution in [-0.2, 0) is 14.1 Å². The molecule has 1 aliphatic rings. The van der Waals surface area contributed by atoms with Crippen LogP contribution in [0.25, 0.3) is 0 Å². The molecule has 0 spiro atoms. The first-order chi connectivity index (χ1) is 13.7. The number of nitrogens with zero attached hydrogens (tertiary/aromatic N) is 5. The summed E-state index contributed by atoms with van der Waals surface area (Å²) in [6, 6.07) is 4.68. The second-order valence-corrected chi connectivity index (χ2v) is 7.08. The van der Waals surface area contributed by atoms with E-state index in [0.717, 1.165) is 9.13 Å². The maximum absolute atomic E-state index is 12.8. The number of fused-ring (bicyclic) bond motifs is 1. The third kappa shape index (κ3) is 3.26. The Morgan fingerprint density at radius 3 is 2.31 bits per heavy atom. The number of rotatable bonds is 5. The van der Waals surface area contributed by atoms with E-state index in [2.05, 4.69) is 10.2 Å². The molecule has 0 aliphatic carbocycles. The van der Waals surface area contributed by atoms with Gasteiger partial charge in [0.05, 0.1) is 23.9 Å². The molecule has 152 valence electrons. The van der Waals surface area contributed by atoms with Gasteiger partial charge in [0.25, 0.3) is 17.4 Å². The summed E-state index contributed by atoms with van der Waals surface area (Å²) in [4.78, 5) is 51.0. The van der Waals surface area contributed by atoms with Crippen molar-refractivity contribution in [2.24, 2.45) is 30.2 Å². The highest BCUT2D eigenvalue weighted by atomic mass is 16.5. The van der Waals surface area contributed by atoms with E-state index in [0.29, 0.717) is 0 Å². The zero-order valence-corrected chi connectivity index (χ0v) is 16.8. The Morgan fingerprint density at radius 1 is 1.00 bits per heavy atom. The number of hydrogen-bond acceptors (Lipinski definition) is 7. The van der Waals surface area contributed by atoms with Crippen molar-refractivity contribution in [1.82, 2.24) is 14.0 Å². The molecule has 0 radical (unpaired) electrons. The Balaban J connectivity index is 2.11. The summed E-state index contributed by atoms with van der Waals surface area (Å²) in [5.41, 5.74) is -0.910. The van der Waals surface area contributed by atoms with Crippen LogP contribution in [0.2, 0.25) is 0 Å². The van der Waals surface area contributed by atoms with Gasteiger partial charge in [-0.15, -0.1) is 10.2 Å². The van der Waals surface area contributed by atoms with E-state index in [4.69, 9.17) is 4.74 Å². The fourth-order valence-corrected chi connectivity index (χ4v) is 3.16. The zero-order chi connectivity index (χ0) is 21.5. The average molecular weight is 399 g/mol. The molecule has 0 bridgehead atoms. The maximum Gasteiger partial charge on any atom is 0.333 e. The number of hydrogen-bond donors (Lipinski definition) is 0. The third-order valence-corrected chi connectivity index (χ3v) is 4.56. The Labute approximate surface area is 166 Å². The lowest BCUT2D eigenvalue weighted by molar-refractivity contribution is 0.0636. The highest BCUT2D eigenvalue weighted by Gasteiger charge is 2.37. The SMILES string of the molecule is COc1c(N=Nc2cccc3c2C(=O)N(CC(C)C)C3=O)c(=O)n(C)c(=O)n1C. The van der Waals surface area contributed by atoms with E-state index in [9.17, 15) is 19.2 Å². The molecule has 2 aromatic rings. The highest BCUT2D eigenvalue weighted by Crippen LogP contribution is 2.33. The number of imide groups is 1. The lowest BCUT2D eigenvalue weighted by Crippen LogP contribution is -2.37. The van der Waals surface area contributed by atoms with Gasteiger partial charge in [-0.1, -0.05) is 19.9 Å². The topological polar surface area (TPSA) is 115 Å². The van der Waals surface area contributed by atoms with Gasteiger partial charge in [0, 0.05) is 20.6 Å². The van der Waals surface area contributed by atoms with Gasteiger partial charge >= 0.3 is 5.69 Å². The molecule has 1 aliphatic heterocycles. The number of carbonyl (C=O) groups excluding carboxylic acids is 2. The third-order valence-electron chi connectivity index (χ3n) is 4.56. The van der Waals surface area contributed by atoms with E-state index in [1.165, 1.54) is 32.2 Å². The smallest absolute Gasteiger partial charge is 0.333 e. The van der Waals surface area contributed by atoms with E-state index < -0.39 is 17.2 Å². The van der Waals surface area contributed by atoms with E-state index in [1.807, 2.05) is 13.8 Å². The highest BCUT2D eigenvalue weighted by molar-refractivity contribution is 6.23. The summed E-state index contributed by atoms with van der Waals surface area (Å²) in [6.07, 6.45) is 0. The molecular weight excluding hydrogens is 378 g/mol. The van der Waals surface area contributed by atoms with Crippen LogP contribution in [0.5, 0.6) is 5.88 Å². The van der Waals surface area contributed by atoms with E-state index in [-0.39, 0.29) is 46.8 Å². The van der Waals surface area contributed by atoms with E-state index >= 15 is 0 Å². The van der Waals surface area contributed by atoms with Crippen molar-refractivity contribution in [1.29, 1.82) is 0 Å². The molecular formula is C19H21N5O5. The van der Waals surface area contributed by atoms with Crippen molar-refractivity contribution in [2.45, 2.75) is 13.8 Å². The largest absolute Gasteiger partial charge is 0.480 e. The second kappa shape index (κ2) is 7.46. The van der Waals surface area contributed by atoms with Gasteiger partial charge in [-0.25, -0.2) is 4.79 Å². The summed E-state index contributed by atoms with van der Waals surface area (Å²) < 4.78 is 7.15. The van der Waals surface area contributed by atoms with E-state index in [1.54, 1.807) is 12.1 Å². The van der Waals surface area contributed by atoms with Crippen LogP contribution >= 0.6 is 0 Å². The number of ether oxygens (including phenoxy) is 1. The lowest BCUT2D eigenvalue weighted by atomic mass is 10.1. The monoisotopic (exact) mass is 399 g/mol. The molecule has 2 amide bonds. The van der Waals surface area contributed by atoms with Gasteiger partial charge in [0.2, 0.25) is 11.6 Å². The van der Waals surface area contributed by atoms with Gasteiger partial charge < -0.3 is 4.74 Å². The van der Waals surface area contributed by atoms with Crippen LogP contribution in [0.4, 0.5) is 11.4 Å². The lowest BCUT2D eigenvalue weighted by Gasteiger charge is -2.15. The van der Waals surface area contributed by atoms with Crippen LogP contribution in [0.15, 0.2) is 38.0 Å². The Morgan fingerprint density at radius 2 is 1.69 bits per heavy atom. The fourth-order valence-electron chi connectivity index (χ4n) is 3.16. The maximum atomic E-state index is 12.8. The molecule has 0 saturated heterocycles. The summed E-state index contributed by atoms with van der Waals surface area (Å²) in [5.74, 6) is -0.779. The number of azo groups is 1. The standard InChI is InChI=1S/C19H21N5O5/c1-10(2)9-24-15(25)11-7-6-8-12(13(11)16(24)26)20-21-14-17(27)22(3)19(28)23(4)18(14)29-5/h6-8,10H,9H2,1-5H3. The molecule has 0 unspecified atom stereocenters. The quantitative estimate of drug-likeness (QED) is 0.561. The van der Waals surface area contributed by atoms with Crippen molar-refractivity contribution in [3.8, 4) is 5.88 Å². The Kier molecular flexibility index (Phi) is 5.19. The zero-order valence-electron chi connectivity index (χ0n) is 16.8. The molecule has 10 nitrogen and oxygen atoms in total. The first kappa shape index (κ1) is 20.2. The van der Waals surface area contributed by atoms with Gasteiger partial charge in [0.1, 0.15) is 0 Å². The molecule has 0 saturated carbocycles. The van der Waals surface area contributed by atoms with Crippen LogP contribution in [0.1, 0.15) is 34.6 Å². The van der Waals surface area contributed by atoms with Crippen molar-refractivity contribution in [3.05, 3.63) is 50.2 Å². The molecule has 0 fully saturated rings. The fraction of sp³-hybridized carbons (Fsp3) is 0.368. The minimum atomic E-state index is -0.690. The molecule has 1 aromatic carbocycles. The summed E-state index contributed by atoms with van der Waals surface area (Å²) in [5, 5.41) is 8.00.